The SMILES string of the molecule is CC(C)C(=O)Nc1cncc(-c2cnc3n[nH]c(-c4cc5c(C(N)=O)ccnc5[nH]4)c3c2)c1. The number of anilines is 1. The molecule has 10 heteroatoms. The van der Waals surface area contributed by atoms with E-state index >= 15 is 0 Å². The lowest BCUT2D eigenvalue weighted by atomic mass is 10.1. The van der Waals surface area contributed by atoms with Gasteiger partial charge in [-0.2, -0.15) is 5.10 Å². The Kier molecular flexibility index (Phi) is 4.82. The lowest BCUT2D eigenvalue weighted by Crippen LogP contribution is -2.17. The van der Waals surface area contributed by atoms with E-state index in [4.69, 9.17) is 5.73 Å². The molecule has 2 amide bonds. The van der Waals surface area contributed by atoms with Crippen LogP contribution in [0.3, 0.4) is 0 Å². The number of aromatic amines is 2. The van der Waals surface area contributed by atoms with Gasteiger partial charge in [-0.15, -0.1) is 0 Å². The number of carbonyl (C=O) groups is 2. The van der Waals surface area contributed by atoms with Crippen molar-refractivity contribution < 1.29 is 9.59 Å². The molecule has 0 spiro atoms. The standard InChI is InChI=1S/C23H20N8O2/c1-11(2)23(33)28-14-5-12(8-25-10-14)13-6-17-19(30-31-22(17)27-9-13)18-7-16-15(20(24)32)3-4-26-21(16)29-18/h3-11H,1-2H3,(H2,24,32)(H,26,29)(H,28,33)(H,27,30,31). The Morgan fingerprint density at radius 3 is 2.64 bits per heavy atom. The number of nitrogens with zero attached hydrogens (tertiary/aromatic N) is 4. The summed E-state index contributed by atoms with van der Waals surface area (Å²) in [4.78, 5) is 40.0. The van der Waals surface area contributed by atoms with Crippen molar-refractivity contribution in [2.45, 2.75) is 13.8 Å². The molecule has 33 heavy (non-hydrogen) atoms. The van der Waals surface area contributed by atoms with Gasteiger partial charge in [0, 0.05) is 46.4 Å². The highest BCUT2D eigenvalue weighted by Gasteiger charge is 2.16. The predicted octanol–water partition coefficient (Wildman–Crippen LogP) is 3.26. The molecule has 164 valence electrons. The monoisotopic (exact) mass is 440 g/mol. The van der Waals surface area contributed by atoms with E-state index in [1.165, 1.54) is 6.20 Å². The van der Waals surface area contributed by atoms with Gasteiger partial charge in [0.1, 0.15) is 5.65 Å². The zero-order chi connectivity index (χ0) is 23.1. The molecule has 0 aromatic carbocycles. The molecular weight excluding hydrogens is 420 g/mol. The number of hydrogen-bond acceptors (Lipinski definition) is 6. The molecule has 10 nitrogen and oxygen atoms in total. The molecule has 5 rings (SSSR count). The van der Waals surface area contributed by atoms with Gasteiger partial charge in [0.05, 0.1) is 28.8 Å². The molecule has 5 aromatic rings. The number of fused-ring (bicyclic) bond motifs is 2. The average Bonchev–Trinajstić information content (AvgIpc) is 3.42. The van der Waals surface area contributed by atoms with E-state index in [9.17, 15) is 9.59 Å². The summed E-state index contributed by atoms with van der Waals surface area (Å²) in [5.74, 6) is -0.744. The van der Waals surface area contributed by atoms with Gasteiger partial charge < -0.3 is 16.0 Å². The van der Waals surface area contributed by atoms with Crippen LogP contribution in [-0.2, 0) is 4.79 Å². The van der Waals surface area contributed by atoms with Crippen molar-refractivity contribution in [2.24, 2.45) is 11.7 Å². The summed E-state index contributed by atoms with van der Waals surface area (Å²) in [6, 6.07) is 7.19. The van der Waals surface area contributed by atoms with Crippen LogP contribution in [-0.4, -0.2) is 41.9 Å². The molecule has 0 atom stereocenters. The maximum atomic E-state index is 12.0. The van der Waals surface area contributed by atoms with E-state index in [1.807, 2.05) is 32.0 Å². The van der Waals surface area contributed by atoms with E-state index < -0.39 is 5.91 Å². The predicted molar refractivity (Wildman–Crippen MR) is 124 cm³/mol. The van der Waals surface area contributed by atoms with E-state index in [0.717, 1.165) is 16.5 Å². The molecule has 5 aromatic heterocycles. The van der Waals surface area contributed by atoms with Crippen LogP contribution in [0.4, 0.5) is 5.69 Å². The maximum Gasteiger partial charge on any atom is 0.249 e. The van der Waals surface area contributed by atoms with E-state index in [1.54, 1.807) is 24.7 Å². The van der Waals surface area contributed by atoms with Gasteiger partial charge in [0.15, 0.2) is 5.65 Å². The maximum absolute atomic E-state index is 12.0. The first-order valence-corrected chi connectivity index (χ1v) is 10.3. The third-order valence-corrected chi connectivity index (χ3v) is 5.34. The van der Waals surface area contributed by atoms with Crippen LogP contribution < -0.4 is 11.1 Å². The van der Waals surface area contributed by atoms with E-state index in [0.29, 0.717) is 39.3 Å². The Hall–Kier alpha value is -4.60. The molecule has 0 saturated carbocycles. The third kappa shape index (κ3) is 3.67. The molecule has 0 radical (unpaired) electrons. The highest BCUT2D eigenvalue weighted by Crippen LogP contribution is 2.31. The minimum Gasteiger partial charge on any atom is -0.366 e. The number of hydrogen-bond donors (Lipinski definition) is 4. The minimum absolute atomic E-state index is 0.0811. The van der Waals surface area contributed by atoms with Crippen molar-refractivity contribution >= 4 is 39.6 Å². The summed E-state index contributed by atoms with van der Waals surface area (Å²) in [5.41, 5.74) is 10.6. The number of pyridine rings is 3. The highest BCUT2D eigenvalue weighted by atomic mass is 16.2. The zero-order valence-electron chi connectivity index (χ0n) is 17.9. The van der Waals surface area contributed by atoms with Crippen LogP contribution in [0.25, 0.3) is 44.6 Å². The van der Waals surface area contributed by atoms with Crippen LogP contribution in [0.1, 0.15) is 24.2 Å². The number of aromatic nitrogens is 6. The van der Waals surface area contributed by atoms with Gasteiger partial charge in [-0.3, -0.25) is 19.7 Å². The smallest absolute Gasteiger partial charge is 0.249 e. The van der Waals surface area contributed by atoms with Crippen molar-refractivity contribution in [2.75, 3.05) is 5.32 Å². The Balaban J connectivity index is 1.57. The summed E-state index contributed by atoms with van der Waals surface area (Å²) < 4.78 is 0. The first-order valence-electron chi connectivity index (χ1n) is 10.3. The molecule has 0 aliphatic heterocycles. The summed E-state index contributed by atoms with van der Waals surface area (Å²) in [7, 11) is 0. The topological polar surface area (TPSA) is 155 Å². The second-order valence-corrected chi connectivity index (χ2v) is 7.97. The minimum atomic E-state index is -0.525. The van der Waals surface area contributed by atoms with Crippen LogP contribution >= 0.6 is 0 Å². The largest absolute Gasteiger partial charge is 0.366 e. The van der Waals surface area contributed by atoms with Crippen LogP contribution in [0.5, 0.6) is 0 Å². The van der Waals surface area contributed by atoms with Gasteiger partial charge in [-0.1, -0.05) is 13.8 Å². The molecule has 5 N–H and O–H groups in total. The molecular formula is C23H20N8O2. The second kappa shape index (κ2) is 7.83. The number of rotatable bonds is 5. The third-order valence-electron chi connectivity index (χ3n) is 5.34. The summed E-state index contributed by atoms with van der Waals surface area (Å²) in [6.07, 6.45) is 6.55. The fraction of sp³-hybridized carbons (Fsp3) is 0.130. The van der Waals surface area contributed by atoms with E-state index in [2.05, 4.69) is 35.5 Å². The number of primary amides is 1. The second-order valence-electron chi connectivity index (χ2n) is 7.97. The first kappa shape index (κ1) is 20.3. The molecule has 0 unspecified atom stereocenters. The molecule has 0 bridgehead atoms. The lowest BCUT2D eigenvalue weighted by molar-refractivity contribution is -0.118. The number of H-pyrrole nitrogens is 2. The number of carbonyl (C=O) groups excluding carboxylic acids is 2. The van der Waals surface area contributed by atoms with E-state index in [-0.39, 0.29) is 11.8 Å². The van der Waals surface area contributed by atoms with Crippen molar-refractivity contribution in [3.8, 4) is 22.5 Å². The normalized spacial score (nSPS) is 11.4. The summed E-state index contributed by atoms with van der Waals surface area (Å²) in [6.45, 7) is 3.66. The Labute approximate surface area is 187 Å². The van der Waals surface area contributed by atoms with Crippen molar-refractivity contribution in [1.29, 1.82) is 0 Å². The fourth-order valence-electron chi connectivity index (χ4n) is 3.59. The van der Waals surface area contributed by atoms with Gasteiger partial charge >= 0.3 is 0 Å². The molecule has 0 fully saturated rings. The Morgan fingerprint density at radius 2 is 1.85 bits per heavy atom. The Bertz CT molecular complexity index is 1530. The van der Waals surface area contributed by atoms with Crippen molar-refractivity contribution in [3.63, 3.8) is 0 Å². The molecule has 5 heterocycles. The summed E-state index contributed by atoms with van der Waals surface area (Å²) in [5, 5.41) is 11.6. The molecule has 0 aliphatic rings. The highest BCUT2D eigenvalue weighted by molar-refractivity contribution is 6.06. The van der Waals surface area contributed by atoms with Crippen LogP contribution in [0, 0.1) is 5.92 Å². The zero-order valence-corrected chi connectivity index (χ0v) is 17.9. The van der Waals surface area contributed by atoms with Crippen LogP contribution in [0.15, 0.2) is 49.1 Å². The van der Waals surface area contributed by atoms with Gasteiger partial charge in [-0.05, 0) is 24.3 Å². The fourth-order valence-corrected chi connectivity index (χ4v) is 3.59. The Morgan fingerprint density at radius 1 is 1.03 bits per heavy atom. The van der Waals surface area contributed by atoms with Crippen LogP contribution in [0.2, 0.25) is 0 Å². The van der Waals surface area contributed by atoms with Gasteiger partial charge in [0.25, 0.3) is 0 Å². The number of nitrogens with one attached hydrogen (secondary N) is 3. The average molecular weight is 440 g/mol. The van der Waals surface area contributed by atoms with Gasteiger partial charge in [0.2, 0.25) is 11.8 Å². The van der Waals surface area contributed by atoms with Crippen molar-refractivity contribution in [3.05, 3.63) is 54.6 Å². The number of amides is 2. The quantitative estimate of drug-likeness (QED) is 0.329. The van der Waals surface area contributed by atoms with Crippen molar-refractivity contribution in [1.82, 2.24) is 30.1 Å². The molecule has 0 aliphatic carbocycles. The molecule has 0 saturated heterocycles. The number of nitrogens with two attached hydrogens (primary N) is 1. The first-order chi connectivity index (χ1) is 15.9. The van der Waals surface area contributed by atoms with Gasteiger partial charge in [-0.25, -0.2) is 9.97 Å². The lowest BCUT2D eigenvalue weighted by Gasteiger charge is -2.09. The summed E-state index contributed by atoms with van der Waals surface area (Å²) >= 11 is 0.